The number of methoxy groups -OCH3 is 2. The Hall–Kier alpha value is -2.10. The van der Waals surface area contributed by atoms with Crippen molar-refractivity contribution in [2.75, 3.05) is 14.2 Å². The Kier molecular flexibility index (Phi) is 3.23. The van der Waals surface area contributed by atoms with Gasteiger partial charge in [0.05, 0.1) is 14.2 Å². The number of hydrogen-bond acceptors (Lipinski definition) is 3. The molecule has 0 aliphatic rings. The van der Waals surface area contributed by atoms with Gasteiger partial charge in [0.2, 0.25) is 5.88 Å². The zero-order valence-electron chi connectivity index (χ0n) is 9.61. The van der Waals surface area contributed by atoms with E-state index in [1.807, 2.05) is 24.3 Å². The second-order valence-corrected chi connectivity index (χ2v) is 3.44. The van der Waals surface area contributed by atoms with E-state index in [9.17, 15) is 4.39 Å². The Morgan fingerprint density at radius 3 is 2.24 bits per heavy atom. The number of halogens is 1. The van der Waals surface area contributed by atoms with Crippen LogP contribution in [0.5, 0.6) is 11.6 Å². The second-order valence-electron chi connectivity index (χ2n) is 3.44. The number of nitrogens with zero attached hydrogens (tertiary/aromatic N) is 1. The molecule has 1 heterocycles. The molecule has 0 bridgehead atoms. The molecule has 0 saturated heterocycles. The molecule has 1 aromatic carbocycles. The molecule has 0 aliphatic heterocycles. The second kappa shape index (κ2) is 4.82. The van der Waals surface area contributed by atoms with Gasteiger partial charge in [0.15, 0.2) is 5.82 Å². The molecule has 0 unspecified atom stereocenters. The molecule has 0 fully saturated rings. The van der Waals surface area contributed by atoms with Crippen molar-refractivity contribution in [3.8, 4) is 22.8 Å². The minimum absolute atomic E-state index is 0.00209. The van der Waals surface area contributed by atoms with Crippen molar-refractivity contribution < 1.29 is 13.9 Å². The summed E-state index contributed by atoms with van der Waals surface area (Å²) in [4.78, 5) is 3.89. The maximum Gasteiger partial charge on any atom is 0.250 e. The first-order valence-electron chi connectivity index (χ1n) is 5.08. The monoisotopic (exact) mass is 233 g/mol. The lowest BCUT2D eigenvalue weighted by Gasteiger charge is -2.05. The molecule has 1 aromatic heterocycles. The highest BCUT2D eigenvalue weighted by Crippen LogP contribution is 2.24. The van der Waals surface area contributed by atoms with E-state index in [2.05, 4.69) is 4.98 Å². The largest absolute Gasteiger partial charge is 0.497 e. The average Bonchev–Trinajstić information content (AvgIpc) is 2.39. The number of rotatable bonds is 3. The number of hydrogen-bond donors (Lipinski definition) is 0. The van der Waals surface area contributed by atoms with Crippen LogP contribution in [0.1, 0.15) is 0 Å². The van der Waals surface area contributed by atoms with Crippen LogP contribution in [0.4, 0.5) is 4.39 Å². The van der Waals surface area contributed by atoms with Gasteiger partial charge in [-0.05, 0) is 23.8 Å². The van der Waals surface area contributed by atoms with Crippen molar-refractivity contribution in [1.29, 1.82) is 0 Å². The minimum atomic E-state index is -0.471. The summed E-state index contributed by atoms with van der Waals surface area (Å²) in [7, 11) is 2.99. The van der Waals surface area contributed by atoms with Gasteiger partial charge in [-0.2, -0.15) is 0 Å². The summed E-state index contributed by atoms with van der Waals surface area (Å²) < 4.78 is 23.3. The predicted molar refractivity (Wildman–Crippen MR) is 62.7 cm³/mol. The van der Waals surface area contributed by atoms with Gasteiger partial charge in [0, 0.05) is 11.8 Å². The quantitative estimate of drug-likeness (QED) is 0.816. The highest BCUT2D eigenvalue weighted by molar-refractivity contribution is 5.63. The van der Waals surface area contributed by atoms with Gasteiger partial charge in [0.1, 0.15) is 5.75 Å². The van der Waals surface area contributed by atoms with Crippen LogP contribution in [-0.2, 0) is 0 Å². The van der Waals surface area contributed by atoms with Gasteiger partial charge in [-0.15, -0.1) is 0 Å². The smallest absolute Gasteiger partial charge is 0.250 e. The first-order valence-corrected chi connectivity index (χ1v) is 5.08. The highest BCUT2D eigenvalue weighted by Gasteiger charge is 2.06. The summed E-state index contributed by atoms with van der Waals surface area (Å²) >= 11 is 0. The molecule has 2 aromatic rings. The van der Waals surface area contributed by atoms with Gasteiger partial charge in [-0.3, -0.25) is 0 Å². The Labute approximate surface area is 98.8 Å². The lowest BCUT2D eigenvalue weighted by Crippen LogP contribution is -1.92. The Morgan fingerprint density at radius 2 is 1.71 bits per heavy atom. The topological polar surface area (TPSA) is 31.4 Å². The molecule has 0 aliphatic carbocycles. The van der Waals surface area contributed by atoms with Crippen molar-refractivity contribution in [2.45, 2.75) is 0 Å². The zero-order valence-corrected chi connectivity index (χ0v) is 9.61. The van der Waals surface area contributed by atoms with Crippen molar-refractivity contribution in [2.24, 2.45) is 0 Å². The van der Waals surface area contributed by atoms with E-state index in [0.29, 0.717) is 5.56 Å². The molecule has 3 nitrogen and oxygen atoms in total. The Bertz CT molecular complexity index is 511. The van der Waals surface area contributed by atoms with Gasteiger partial charge in [0.25, 0.3) is 0 Å². The fourth-order valence-corrected chi connectivity index (χ4v) is 1.52. The van der Waals surface area contributed by atoms with Gasteiger partial charge in [-0.25, -0.2) is 9.37 Å². The van der Waals surface area contributed by atoms with Crippen LogP contribution in [0.15, 0.2) is 36.5 Å². The van der Waals surface area contributed by atoms with Crippen LogP contribution >= 0.6 is 0 Å². The van der Waals surface area contributed by atoms with E-state index < -0.39 is 5.82 Å². The van der Waals surface area contributed by atoms with Crippen molar-refractivity contribution in [1.82, 2.24) is 4.98 Å². The summed E-state index contributed by atoms with van der Waals surface area (Å²) in [5.74, 6) is 0.291. The maximum absolute atomic E-state index is 13.5. The van der Waals surface area contributed by atoms with E-state index in [-0.39, 0.29) is 5.88 Å². The van der Waals surface area contributed by atoms with E-state index >= 15 is 0 Å². The fraction of sp³-hybridized carbons (Fsp3) is 0.154. The minimum Gasteiger partial charge on any atom is -0.497 e. The summed E-state index contributed by atoms with van der Waals surface area (Å²) in [6.45, 7) is 0. The first-order chi connectivity index (χ1) is 8.24. The lowest BCUT2D eigenvalue weighted by atomic mass is 10.1. The van der Waals surface area contributed by atoms with Crippen LogP contribution in [0.2, 0.25) is 0 Å². The van der Waals surface area contributed by atoms with Crippen LogP contribution < -0.4 is 9.47 Å². The van der Waals surface area contributed by atoms with Crippen molar-refractivity contribution in [3.63, 3.8) is 0 Å². The number of pyridine rings is 1. The van der Waals surface area contributed by atoms with E-state index in [1.165, 1.54) is 13.2 Å². The normalized spacial score (nSPS) is 10.1. The van der Waals surface area contributed by atoms with Crippen LogP contribution in [-0.4, -0.2) is 19.2 Å². The summed E-state index contributed by atoms with van der Waals surface area (Å²) in [5.41, 5.74) is 1.57. The van der Waals surface area contributed by atoms with Gasteiger partial charge < -0.3 is 9.47 Å². The molecule has 2 rings (SSSR count). The standard InChI is InChI=1S/C13H12FNO2/c1-16-11-5-3-9(4-6-11)10-7-12(14)13(17-2)15-8-10/h3-8H,1-2H3. The van der Waals surface area contributed by atoms with Crippen LogP contribution in [0.3, 0.4) is 0 Å². The van der Waals surface area contributed by atoms with Gasteiger partial charge in [-0.1, -0.05) is 12.1 Å². The molecule has 0 atom stereocenters. The number of aromatic nitrogens is 1. The highest BCUT2D eigenvalue weighted by atomic mass is 19.1. The molecule has 0 saturated carbocycles. The summed E-state index contributed by atoms with van der Waals surface area (Å²) in [6.07, 6.45) is 1.57. The van der Waals surface area contributed by atoms with E-state index in [0.717, 1.165) is 11.3 Å². The third kappa shape index (κ3) is 2.36. The fourth-order valence-electron chi connectivity index (χ4n) is 1.52. The molecule has 0 radical (unpaired) electrons. The van der Waals surface area contributed by atoms with E-state index in [1.54, 1.807) is 13.3 Å². The molecular weight excluding hydrogens is 221 g/mol. The number of ether oxygens (including phenoxy) is 2. The number of benzene rings is 1. The Balaban J connectivity index is 2.35. The summed E-state index contributed by atoms with van der Waals surface area (Å²) in [5, 5.41) is 0. The molecule has 88 valence electrons. The van der Waals surface area contributed by atoms with Crippen molar-refractivity contribution in [3.05, 3.63) is 42.3 Å². The van der Waals surface area contributed by atoms with Crippen LogP contribution in [0, 0.1) is 5.82 Å². The third-order valence-electron chi connectivity index (χ3n) is 2.42. The van der Waals surface area contributed by atoms with Gasteiger partial charge >= 0.3 is 0 Å². The first kappa shape index (κ1) is 11.4. The third-order valence-corrected chi connectivity index (χ3v) is 2.42. The predicted octanol–water partition coefficient (Wildman–Crippen LogP) is 2.90. The molecular formula is C13H12FNO2. The van der Waals surface area contributed by atoms with Crippen molar-refractivity contribution >= 4 is 0 Å². The average molecular weight is 233 g/mol. The Morgan fingerprint density at radius 1 is 1.00 bits per heavy atom. The maximum atomic E-state index is 13.5. The molecule has 17 heavy (non-hydrogen) atoms. The molecule has 0 amide bonds. The zero-order chi connectivity index (χ0) is 12.3. The SMILES string of the molecule is COc1ccc(-c2cnc(OC)c(F)c2)cc1. The summed E-state index contributed by atoms with van der Waals surface area (Å²) in [6, 6.07) is 8.73. The molecule has 4 heteroatoms. The lowest BCUT2D eigenvalue weighted by molar-refractivity contribution is 0.369. The van der Waals surface area contributed by atoms with E-state index in [4.69, 9.17) is 9.47 Å². The molecule has 0 spiro atoms. The van der Waals surface area contributed by atoms with Crippen LogP contribution in [0.25, 0.3) is 11.1 Å². The molecule has 0 N–H and O–H groups in total.